The highest BCUT2D eigenvalue weighted by Gasteiger charge is 2.42. The average Bonchev–Trinajstić information content (AvgIpc) is 2.46. The summed E-state index contributed by atoms with van der Waals surface area (Å²) >= 11 is 2.10. The Hall–Kier alpha value is -1.06. The van der Waals surface area contributed by atoms with E-state index in [4.69, 9.17) is 0 Å². The van der Waals surface area contributed by atoms with E-state index in [0.717, 1.165) is 29.3 Å². The molecule has 2 aromatic rings. The Bertz CT molecular complexity index is 630. The minimum Gasteiger partial charge on any atom is -0.385 e. The molecule has 2 aliphatic rings. The summed E-state index contributed by atoms with van der Waals surface area (Å²) in [5.74, 6) is 0. The summed E-state index contributed by atoms with van der Waals surface area (Å²) in [6, 6.07) is 10.3. The van der Waals surface area contributed by atoms with Crippen LogP contribution in [0.15, 0.2) is 36.5 Å². The highest BCUT2D eigenvalue weighted by molar-refractivity contribution is 8.00. The van der Waals surface area contributed by atoms with Gasteiger partial charge in [-0.2, -0.15) is 11.8 Å². The Balaban J connectivity index is 1.73. The van der Waals surface area contributed by atoms with Crippen LogP contribution in [0.4, 0.5) is 0 Å². The van der Waals surface area contributed by atoms with E-state index in [1.54, 1.807) is 0 Å². The SMILES string of the molecule is OC1(c2ccc3cccnc3c2)CC2CCCC(C1)S2. The van der Waals surface area contributed by atoms with E-state index >= 15 is 0 Å². The lowest BCUT2D eigenvalue weighted by molar-refractivity contribution is 0.00824. The van der Waals surface area contributed by atoms with Gasteiger partial charge in [-0.05, 0) is 43.4 Å². The van der Waals surface area contributed by atoms with Gasteiger partial charge < -0.3 is 5.11 Å². The van der Waals surface area contributed by atoms with E-state index < -0.39 is 5.60 Å². The first kappa shape index (κ1) is 12.7. The molecule has 1 N–H and O–H groups in total. The molecule has 3 heterocycles. The average molecular weight is 285 g/mol. The molecule has 2 aliphatic heterocycles. The van der Waals surface area contributed by atoms with Crippen LogP contribution in [0.1, 0.15) is 37.7 Å². The summed E-state index contributed by atoms with van der Waals surface area (Å²) in [4.78, 5) is 4.42. The number of hydrogen-bond acceptors (Lipinski definition) is 3. The van der Waals surface area contributed by atoms with Gasteiger partial charge in [-0.15, -0.1) is 0 Å². The van der Waals surface area contributed by atoms with Gasteiger partial charge in [0.1, 0.15) is 0 Å². The molecule has 2 saturated heterocycles. The Morgan fingerprint density at radius 2 is 1.95 bits per heavy atom. The third-order valence-electron chi connectivity index (χ3n) is 4.71. The first-order valence-corrected chi connectivity index (χ1v) is 8.40. The van der Waals surface area contributed by atoms with Gasteiger partial charge in [0.05, 0.1) is 11.1 Å². The first-order chi connectivity index (χ1) is 9.73. The molecule has 3 heteroatoms. The minimum absolute atomic E-state index is 0.631. The van der Waals surface area contributed by atoms with Crippen LogP contribution in [0.25, 0.3) is 10.9 Å². The van der Waals surface area contributed by atoms with Crippen molar-refractivity contribution in [2.24, 2.45) is 0 Å². The molecule has 0 radical (unpaired) electrons. The molecule has 0 aliphatic carbocycles. The Kier molecular flexibility index (Phi) is 3.00. The molecule has 2 nitrogen and oxygen atoms in total. The highest BCUT2D eigenvalue weighted by Crippen LogP contribution is 2.49. The molecule has 104 valence electrons. The number of rotatable bonds is 1. The minimum atomic E-state index is -0.646. The fourth-order valence-corrected chi connectivity index (χ4v) is 5.60. The van der Waals surface area contributed by atoms with E-state index in [1.807, 2.05) is 12.3 Å². The molecule has 2 bridgehead atoms. The van der Waals surface area contributed by atoms with Crippen molar-refractivity contribution in [3.05, 3.63) is 42.1 Å². The molecule has 4 rings (SSSR count). The lowest BCUT2D eigenvalue weighted by Crippen LogP contribution is -2.40. The normalized spacial score (nSPS) is 33.2. The molecule has 1 aromatic heterocycles. The van der Waals surface area contributed by atoms with Crippen LogP contribution < -0.4 is 0 Å². The smallest absolute Gasteiger partial charge is 0.0918 e. The number of aromatic nitrogens is 1. The molecule has 0 amide bonds. The second-order valence-electron chi connectivity index (χ2n) is 6.16. The number of pyridine rings is 1. The summed E-state index contributed by atoms with van der Waals surface area (Å²) in [5, 5.41) is 13.6. The predicted molar refractivity (Wildman–Crippen MR) is 83.9 cm³/mol. The Morgan fingerprint density at radius 3 is 2.75 bits per heavy atom. The van der Waals surface area contributed by atoms with Gasteiger partial charge in [0.15, 0.2) is 0 Å². The number of benzene rings is 1. The van der Waals surface area contributed by atoms with Gasteiger partial charge in [-0.3, -0.25) is 4.98 Å². The number of nitrogens with zero attached hydrogens (tertiary/aromatic N) is 1. The molecular weight excluding hydrogens is 266 g/mol. The highest BCUT2D eigenvalue weighted by atomic mass is 32.2. The van der Waals surface area contributed by atoms with Crippen molar-refractivity contribution in [1.29, 1.82) is 0 Å². The van der Waals surface area contributed by atoms with Gasteiger partial charge in [0, 0.05) is 22.1 Å². The molecule has 2 fully saturated rings. The van der Waals surface area contributed by atoms with Crippen molar-refractivity contribution in [1.82, 2.24) is 4.98 Å². The summed E-state index contributed by atoms with van der Waals surface area (Å²) < 4.78 is 0. The third-order valence-corrected chi connectivity index (χ3v) is 6.29. The number of aliphatic hydroxyl groups is 1. The van der Waals surface area contributed by atoms with Crippen molar-refractivity contribution in [2.45, 2.75) is 48.2 Å². The van der Waals surface area contributed by atoms with Crippen LogP contribution in [-0.2, 0) is 5.60 Å². The number of thioether (sulfide) groups is 1. The largest absolute Gasteiger partial charge is 0.385 e. The molecule has 20 heavy (non-hydrogen) atoms. The zero-order valence-electron chi connectivity index (χ0n) is 11.5. The molecular formula is C17H19NOS. The maximum Gasteiger partial charge on any atom is 0.0918 e. The standard InChI is InChI=1S/C17H19NOS/c19-17(10-14-4-1-5-15(11-17)20-14)13-7-6-12-3-2-8-18-16(12)9-13/h2-3,6-9,14-15,19H,1,4-5,10-11H2. The van der Waals surface area contributed by atoms with Gasteiger partial charge in [0.2, 0.25) is 0 Å². The van der Waals surface area contributed by atoms with Gasteiger partial charge in [0.25, 0.3) is 0 Å². The monoisotopic (exact) mass is 285 g/mol. The topological polar surface area (TPSA) is 33.1 Å². The molecule has 2 atom stereocenters. The lowest BCUT2D eigenvalue weighted by Gasteiger charge is -2.44. The van der Waals surface area contributed by atoms with Crippen LogP contribution >= 0.6 is 11.8 Å². The van der Waals surface area contributed by atoms with E-state index in [-0.39, 0.29) is 0 Å². The van der Waals surface area contributed by atoms with Gasteiger partial charge >= 0.3 is 0 Å². The first-order valence-electron chi connectivity index (χ1n) is 7.46. The fourth-order valence-electron chi connectivity index (χ4n) is 3.71. The zero-order chi connectivity index (χ0) is 13.6. The van der Waals surface area contributed by atoms with Crippen molar-refractivity contribution in [3.63, 3.8) is 0 Å². The molecule has 2 unspecified atom stereocenters. The van der Waals surface area contributed by atoms with Crippen LogP contribution in [0.2, 0.25) is 0 Å². The van der Waals surface area contributed by atoms with E-state index in [2.05, 4.69) is 41.0 Å². The van der Waals surface area contributed by atoms with Crippen LogP contribution in [-0.4, -0.2) is 20.6 Å². The summed E-state index contributed by atoms with van der Waals surface area (Å²) in [5.41, 5.74) is 1.40. The number of hydrogen-bond donors (Lipinski definition) is 1. The van der Waals surface area contributed by atoms with E-state index in [9.17, 15) is 5.11 Å². The van der Waals surface area contributed by atoms with Crippen LogP contribution in [0.3, 0.4) is 0 Å². The van der Waals surface area contributed by atoms with Gasteiger partial charge in [-0.25, -0.2) is 0 Å². The van der Waals surface area contributed by atoms with Crippen LogP contribution in [0.5, 0.6) is 0 Å². The summed E-state index contributed by atoms with van der Waals surface area (Å²) in [7, 11) is 0. The Labute approximate surface area is 123 Å². The number of fused-ring (bicyclic) bond motifs is 3. The molecule has 1 aromatic carbocycles. The summed E-state index contributed by atoms with van der Waals surface area (Å²) in [6.45, 7) is 0. The van der Waals surface area contributed by atoms with Crippen molar-refractivity contribution >= 4 is 22.7 Å². The maximum atomic E-state index is 11.2. The Morgan fingerprint density at radius 1 is 1.15 bits per heavy atom. The fraction of sp³-hybridized carbons (Fsp3) is 0.471. The van der Waals surface area contributed by atoms with E-state index in [1.165, 1.54) is 19.3 Å². The second-order valence-corrected chi connectivity index (χ2v) is 7.77. The maximum absolute atomic E-state index is 11.2. The second kappa shape index (κ2) is 4.74. The van der Waals surface area contributed by atoms with Gasteiger partial charge in [-0.1, -0.05) is 24.6 Å². The van der Waals surface area contributed by atoms with Crippen molar-refractivity contribution < 1.29 is 5.11 Å². The summed E-state index contributed by atoms with van der Waals surface area (Å²) in [6.07, 6.45) is 7.46. The third kappa shape index (κ3) is 2.13. The predicted octanol–water partition coefficient (Wildman–Crippen LogP) is 3.87. The lowest BCUT2D eigenvalue weighted by atomic mass is 9.80. The van der Waals surface area contributed by atoms with Crippen molar-refractivity contribution in [2.75, 3.05) is 0 Å². The van der Waals surface area contributed by atoms with E-state index in [0.29, 0.717) is 10.5 Å². The molecule has 0 spiro atoms. The molecule has 0 saturated carbocycles. The van der Waals surface area contributed by atoms with Crippen molar-refractivity contribution in [3.8, 4) is 0 Å². The zero-order valence-corrected chi connectivity index (χ0v) is 12.3. The van der Waals surface area contributed by atoms with Crippen LogP contribution in [0, 0.1) is 0 Å². The quantitative estimate of drug-likeness (QED) is 0.863.